The van der Waals surface area contributed by atoms with Gasteiger partial charge in [0, 0.05) is 30.9 Å². The summed E-state index contributed by atoms with van der Waals surface area (Å²) >= 11 is 0. The molecule has 0 aliphatic carbocycles. The molecule has 1 aromatic heterocycles. The van der Waals surface area contributed by atoms with Crippen LogP contribution in [0, 0.1) is 0 Å². The Labute approximate surface area is 172 Å². The number of likely N-dealkylation sites (N-methyl/N-ethyl adjacent to an activating group) is 1. The molecule has 2 aromatic carbocycles. The minimum absolute atomic E-state index is 0.844. The number of nitrogens with one attached hydrogen (secondary N) is 1. The molecule has 5 heteroatoms. The summed E-state index contributed by atoms with van der Waals surface area (Å²) in [7, 11) is 3.85. The van der Waals surface area contributed by atoms with Crippen LogP contribution in [0.5, 0.6) is 5.75 Å². The van der Waals surface area contributed by atoms with Crippen molar-refractivity contribution in [2.24, 2.45) is 0 Å². The van der Waals surface area contributed by atoms with E-state index in [2.05, 4.69) is 51.7 Å². The van der Waals surface area contributed by atoms with Crippen LogP contribution < -0.4 is 10.1 Å². The highest BCUT2D eigenvalue weighted by Gasteiger charge is 2.13. The number of hydrogen-bond acceptors (Lipinski definition) is 5. The van der Waals surface area contributed by atoms with Gasteiger partial charge in [0.15, 0.2) is 0 Å². The SMILES string of the molecule is COc1ccc(-c2ccc(CCCNc3ccc4c(c3)CN(C)CC4)nn2)cc1. The van der Waals surface area contributed by atoms with Crippen LogP contribution in [0.2, 0.25) is 0 Å². The van der Waals surface area contributed by atoms with Crippen LogP contribution in [-0.2, 0) is 19.4 Å². The largest absolute Gasteiger partial charge is 0.497 e. The van der Waals surface area contributed by atoms with E-state index in [9.17, 15) is 0 Å². The van der Waals surface area contributed by atoms with Gasteiger partial charge in [0.2, 0.25) is 0 Å². The summed E-state index contributed by atoms with van der Waals surface area (Å²) < 4.78 is 5.20. The van der Waals surface area contributed by atoms with Crippen molar-refractivity contribution in [2.45, 2.75) is 25.8 Å². The summed E-state index contributed by atoms with van der Waals surface area (Å²) in [4.78, 5) is 2.38. The van der Waals surface area contributed by atoms with E-state index in [1.807, 2.05) is 30.3 Å². The number of benzene rings is 2. The Kier molecular flexibility index (Phi) is 6.06. The van der Waals surface area contributed by atoms with Crippen molar-refractivity contribution in [3.05, 3.63) is 71.4 Å². The lowest BCUT2D eigenvalue weighted by molar-refractivity contribution is 0.313. The molecule has 1 aliphatic rings. The average molecular weight is 389 g/mol. The van der Waals surface area contributed by atoms with Crippen LogP contribution in [0.3, 0.4) is 0 Å². The third-order valence-corrected chi connectivity index (χ3v) is 5.45. The third-order valence-electron chi connectivity index (χ3n) is 5.45. The van der Waals surface area contributed by atoms with E-state index in [-0.39, 0.29) is 0 Å². The summed E-state index contributed by atoms with van der Waals surface area (Å²) in [6, 6.07) is 18.8. The van der Waals surface area contributed by atoms with Gasteiger partial charge in [0.25, 0.3) is 0 Å². The fraction of sp³-hybridized carbons (Fsp3) is 0.333. The first-order valence-corrected chi connectivity index (χ1v) is 10.2. The number of rotatable bonds is 7. The van der Waals surface area contributed by atoms with E-state index in [1.54, 1.807) is 7.11 Å². The van der Waals surface area contributed by atoms with Gasteiger partial charge in [-0.25, -0.2) is 0 Å². The highest BCUT2D eigenvalue weighted by Crippen LogP contribution is 2.22. The predicted molar refractivity (Wildman–Crippen MR) is 117 cm³/mol. The summed E-state index contributed by atoms with van der Waals surface area (Å²) in [5.41, 5.74) is 7.10. The van der Waals surface area contributed by atoms with Crippen molar-refractivity contribution in [3.8, 4) is 17.0 Å². The monoisotopic (exact) mass is 388 g/mol. The van der Waals surface area contributed by atoms with Gasteiger partial charge in [0.1, 0.15) is 5.75 Å². The Balaban J connectivity index is 1.27. The number of hydrogen-bond donors (Lipinski definition) is 1. The van der Waals surface area contributed by atoms with Gasteiger partial charge >= 0.3 is 0 Å². The van der Waals surface area contributed by atoms with Crippen molar-refractivity contribution in [1.29, 1.82) is 0 Å². The number of anilines is 1. The summed E-state index contributed by atoms with van der Waals surface area (Å²) in [6.45, 7) is 3.12. The molecule has 0 unspecified atom stereocenters. The Morgan fingerprint density at radius 1 is 1.00 bits per heavy atom. The Bertz CT molecular complexity index is 938. The van der Waals surface area contributed by atoms with Crippen molar-refractivity contribution in [2.75, 3.05) is 32.6 Å². The molecule has 1 aliphatic heterocycles. The molecule has 1 N–H and O–H groups in total. The average Bonchev–Trinajstić information content (AvgIpc) is 2.77. The zero-order chi connectivity index (χ0) is 20.1. The van der Waals surface area contributed by atoms with Crippen molar-refractivity contribution in [3.63, 3.8) is 0 Å². The molecule has 0 bridgehead atoms. The van der Waals surface area contributed by atoms with E-state index in [4.69, 9.17) is 4.74 Å². The van der Waals surface area contributed by atoms with Gasteiger partial charge < -0.3 is 15.0 Å². The molecule has 3 aromatic rings. The number of methoxy groups -OCH3 is 1. The van der Waals surface area contributed by atoms with E-state index in [0.717, 1.165) is 61.6 Å². The second kappa shape index (κ2) is 9.05. The van der Waals surface area contributed by atoms with Gasteiger partial charge in [-0.15, -0.1) is 0 Å². The van der Waals surface area contributed by atoms with Crippen LogP contribution in [0.25, 0.3) is 11.3 Å². The van der Waals surface area contributed by atoms with Crippen molar-refractivity contribution >= 4 is 5.69 Å². The van der Waals surface area contributed by atoms with Crippen LogP contribution in [-0.4, -0.2) is 42.3 Å². The molecule has 0 amide bonds. The molecule has 4 rings (SSSR count). The Hall–Kier alpha value is -2.92. The maximum atomic E-state index is 5.20. The zero-order valence-electron chi connectivity index (χ0n) is 17.2. The topological polar surface area (TPSA) is 50.3 Å². The lowest BCUT2D eigenvalue weighted by Crippen LogP contribution is -2.26. The molecular formula is C24H28N4O. The highest BCUT2D eigenvalue weighted by atomic mass is 16.5. The minimum Gasteiger partial charge on any atom is -0.497 e. The second-order valence-electron chi connectivity index (χ2n) is 7.64. The van der Waals surface area contributed by atoms with Crippen molar-refractivity contribution < 1.29 is 4.74 Å². The smallest absolute Gasteiger partial charge is 0.118 e. The van der Waals surface area contributed by atoms with Crippen LogP contribution in [0.4, 0.5) is 5.69 Å². The maximum Gasteiger partial charge on any atom is 0.118 e. The number of ether oxygens (including phenoxy) is 1. The minimum atomic E-state index is 0.844. The number of nitrogens with zero attached hydrogens (tertiary/aromatic N) is 3. The van der Waals surface area contributed by atoms with Crippen molar-refractivity contribution in [1.82, 2.24) is 15.1 Å². The van der Waals surface area contributed by atoms with E-state index >= 15 is 0 Å². The molecule has 0 spiro atoms. The third kappa shape index (κ3) is 4.93. The lowest BCUT2D eigenvalue weighted by Gasteiger charge is -2.25. The molecule has 29 heavy (non-hydrogen) atoms. The van der Waals surface area contributed by atoms with Gasteiger partial charge in [-0.2, -0.15) is 10.2 Å². The molecule has 0 fully saturated rings. The lowest BCUT2D eigenvalue weighted by atomic mass is 9.99. The first kappa shape index (κ1) is 19.4. The Morgan fingerprint density at radius 3 is 2.62 bits per heavy atom. The molecule has 0 radical (unpaired) electrons. The molecular weight excluding hydrogens is 360 g/mol. The fourth-order valence-corrected chi connectivity index (χ4v) is 3.72. The molecule has 5 nitrogen and oxygen atoms in total. The fourth-order valence-electron chi connectivity index (χ4n) is 3.72. The first-order valence-electron chi connectivity index (χ1n) is 10.2. The molecule has 2 heterocycles. The van der Waals surface area contributed by atoms with Gasteiger partial charge in [-0.1, -0.05) is 6.07 Å². The van der Waals surface area contributed by atoms with E-state index in [1.165, 1.54) is 16.8 Å². The molecule has 0 saturated heterocycles. The standard InChI is InChI=1S/C24H28N4O/c1-28-15-13-18-5-8-22(16-20(18)17-28)25-14-3-4-21-9-12-24(27-26-21)19-6-10-23(29-2)11-7-19/h5-12,16,25H,3-4,13-15,17H2,1-2H3. The van der Waals surface area contributed by atoms with E-state index in [0.29, 0.717) is 0 Å². The van der Waals surface area contributed by atoms with Crippen LogP contribution in [0.15, 0.2) is 54.6 Å². The number of fused-ring (bicyclic) bond motifs is 1. The number of aromatic nitrogens is 2. The quantitative estimate of drug-likeness (QED) is 0.615. The zero-order valence-corrected chi connectivity index (χ0v) is 17.2. The van der Waals surface area contributed by atoms with E-state index < -0.39 is 0 Å². The van der Waals surface area contributed by atoms with Gasteiger partial charge in [0.05, 0.1) is 18.5 Å². The predicted octanol–water partition coefficient (Wildman–Crippen LogP) is 4.18. The van der Waals surface area contributed by atoms with Gasteiger partial charge in [-0.3, -0.25) is 0 Å². The first-order chi connectivity index (χ1) is 14.2. The summed E-state index contributed by atoms with van der Waals surface area (Å²) in [6.07, 6.45) is 3.08. The van der Waals surface area contributed by atoms with Crippen LogP contribution in [0.1, 0.15) is 23.2 Å². The summed E-state index contributed by atoms with van der Waals surface area (Å²) in [5.74, 6) is 0.844. The highest BCUT2D eigenvalue weighted by molar-refractivity contribution is 5.59. The second-order valence-corrected chi connectivity index (χ2v) is 7.64. The summed E-state index contributed by atoms with van der Waals surface area (Å²) in [5, 5.41) is 12.3. The van der Waals surface area contributed by atoms with Crippen LogP contribution >= 0.6 is 0 Å². The molecule has 150 valence electrons. The van der Waals surface area contributed by atoms with Gasteiger partial charge in [-0.05, 0) is 86.0 Å². The molecule has 0 saturated carbocycles. The Morgan fingerprint density at radius 2 is 1.86 bits per heavy atom. The number of aryl methyl sites for hydroxylation is 1. The molecule has 0 atom stereocenters. The maximum absolute atomic E-state index is 5.20. The normalized spacial score (nSPS) is 13.7.